The third kappa shape index (κ3) is 6.10. The van der Waals surface area contributed by atoms with Crippen molar-refractivity contribution >= 4 is 0 Å². The topological polar surface area (TPSA) is 43.4 Å². The summed E-state index contributed by atoms with van der Waals surface area (Å²) >= 11 is 0. The molecule has 0 spiro atoms. The van der Waals surface area contributed by atoms with Crippen LogP contribution in [0.2, 0.25) is 0 Å². The van der Waals surface area contributed by atoms with Crippen LogP contribution in [0.25, 0.3) is 0 Å². The standard InChI is InChI=1S/C16H34N2O4/c1-15(19-3,20-4)7-9-17-11-13-18(14-12-17)10-8-16(2,21-5)22-6/h7-14H2,1-6H3. The van der Waals surface area contributed by atoms with Crippen molar-refractivity contribution in [2.45, 2.75) is 38.3 Å². The summed E-state index contributed by atoms with van der Waals surface area (Å²) in [6.07, 6.45) is 1.76. The summed E-state index contributed by atoms with van der Waals surface area (Å²) < 4.78 is 21.7. The lowest BCUT2D eigenvalue weighted by Crippen LogP contribution is -2.49. The summed E-state index contributed by atoms with van der Waals surface area (Å²) in [4.78, 5) is 4.94. The van der Waals surface area contributed by atoms with Gasteiger partial charge < -0.3 is 28.7 Å². The van der Waals surface area contributed by atoms with Crippen LogP contribution in [-0.2, 0) is 18.9 Å². The molecule has 0 amide bonds. The third-order valence-electron chi connectivity index (χ3n) is 4.96. The second-order valence-electron chi connectivity index (χ2n) is 6.27. The Hall–Kier alpha value is -0.240. The van der Waals surface area contributed by atoms with Crippen molar-refractivity contribution in [1.29, 1.82) is 0 Å². The van der Waals surface area contributed by atoms with E-state index in [1.165, 1.54) is 0 Å². The van der Waals surface area contributed by atoms with Gasteiger partial charge in [0.15, 0.2) is 11.6 Å². The van der Waals surface area contributed by atoms with Gasteiger partial charge in [-0.15, -0.1) is 0 Å². The molecule has 6 heteroatoms. The molecule has 0 bridgehead atoms. The van der Waals surface area contributed by atoms with Crippen molar-refractivity contribution in [2.24, 2.45) is 0 Å². The van der Waals surface area contributed by atoms with Crippen LogP contribution in [0.15, 0.2) is 0 Å². The van der Waals surface area contributed by atoms with Crippen LogP contribution in [0.4, 0.5) is 0 Å². The summed E-state index contributed by atoms with van der Waals surface area (Å²) in [7, 11) is 6.79. The molecule has 0 aromatic heterocycles. The van der Waals surface area contributed by atoms with Gasteiger partial charge in [-0.1, -0.05) is 0 Å². The van der Waals surface area contributed by atoms with E-state index in [0.717, 1.165) is 52.1 Å². The molecule has 0 N–H and O–H groups in total. The van der Waals surface area contributed by atoms with Crippen molar-refractivity contribution in [2.75, 3.05) is 67.7 Å². The molecule has 0 unspecified atom stereocenters. The molecular weight excluding hydrogens is 284 g/mol. The normalized spacial score (nSPS) is 18.8. The Morgan fingerprint density at radius 1 is 0.636 bits per heavy atom. The Morgan fingerprint density at radius 3 is 1.14 bits per heavy atom. The molecule has 1 rings (SSSR count). The average molecular weight is 318 g/mol. The number of methoxy groups -OCH3 is 4. The van der Waals surface area contributed by atoms with Gasteiger partial charge in [-0.25, -0.2) is 0 Å². The van der Waals surface area contributed by atoms with Gasteiger partial charge >= 0.3 is 0 Å². The molecule has 0 aromatic carbocycles. The summed E-state index contributed by atoms with van der Waals surface area (Å²) in [6, 6.07) is 0. The predicted octanol–water partition coefficient (Wildman–Crippen LogP) is 1.40. The van der Waals surface area contributed by atoms with Gasteiger partial charge in [0.1, 0.15) is 0 Å². The highest BCUT2D eigenvalue weighted by molar-refractivity contribution is 4.76. The second-order valence-corrected chi connectivity index (χ2v) is 6.27. The van der Waals surface area contributed by atoms with E-state index in [4.69, 9.17) is 18.9 Å². The van der Waals surface area contributed by atoms with Gasteiger partial charge in [-0.3, -0.25) is 0 Å². The Balaban J connectivity index is 2.26. The van der Waals surface area contributed by atoms with Gasteiger partial charge in [0.2, 0.25) is 0 Å². The lowest BCUT2D eigenvalue weighted by molar-refractivity contribution is -0.201. The van der Waals surface area contributed by atoms with E-state index in [1.54, 1.807) is 28.4 Å². The van der Waals surface area contributed by atoms with Crippen LogP contribution >= 0.6 is 0 Å². The minimum absolute atomic E-state index is 0.476. The number of piperazine rings is 1. The molecule has 1 saturated heterocycles. The van der Waals surface area contributed by atoms with Crippen molar-refractivity contribution in [3.05, 3.63) is 0 Å². The summed E-state index contributed by atoms with van der Waals surface area (Å²) in [6.45, 7) is 10.3. The van der Waals surface area contributed by atoms with Crippen molar-refractivity contribution < 1.29 is 18.9 Å². The van der Waals surface area contributed by atoms with E-state index in [1.807, 2.05) is 13.8 Å². The number of hydrogen-bond donors (Lipinski definition) is 0. The first-order valence-electron chi connectivity index (χ1n) is 8.05. The minimum Gasteiger partial charge on any atom is -0.353 e. The first kappa shape index (κ1) is 19.8. The number of rotatable bonds is 10. The van der Waals surface area contributed by atoms with Crippen molar-refractivity contribution in [1.82, 2.24) is 9.80 Å². The van der Waals surface area contributed by atoms with E-state index >= 15 is 0 Å². The molecule has 0 atom stereocenters. The molecule has 6 nitrogen and oxygen atoms in total. The smallest absolute Gasteiger partial charge is 0.165 e. The Kier molecular flexibility index (Phi) is 8.24. The van der Waals surface area contributed by atoms with Crippen LogP contribution in [0.1, 0.15) is 26.7 Å². The van der Waals surface area contributed by atoms with Crippen LogP contribution in [-0.4, -0.2) is 89.1 Å². The zero-order valence-electron chi connectivity index (χ0n) is 15.2. The lowest BCUT2D eigenvalue weighted by atomic mass is 10.1. The maximum absolute atomic E-state index is 5.41. The van der Waals surface area contributed by atoms with Crippen molar-refractivity contribution in [3.8, 4) is 0 Å². The monoisotopic (exact) mass is 318 g/mol. The predicted molar refractivity (Wildman–Crippen MR) is 87.0 cm³/mol. The second kappa shape index (κ2) is 9.15. The summed E-state index contributed by atoms with van der Waals surface area (Å²) in [5.74, 6) is -0.953. The van der Waals surface area contributed by atoms with Crippen molar-refractivity contribution in [3.63, 3.8) is 0 Å². The molecule has 1 aliphatic heterocycles. The highest BCUT2D eigenvalue weighted by atomic mass is 16.7. The molecule has 1 aliphatic rings. The maximum Gasteiger partial charge on any atom is 0.165 e. The molecular formula is C16H34N2O4. The van der Waals surface area contributed by atoms with Gasteiger partial charge in [0.25, 0.3) is 0 Å². The Morgan fingerprint density at radius 2 is 0.909 bits per heavy atom. The Bertz CT molecular complexity index is 269. The van der Waals surface area contributed by atoms with Gasteiger partial charge in [-0.2, -0.15) is 0 Å². The minimum atomic E-state index is -0.476. The third-order valence-corrected chi connectivity index (χ3v) is 4.96. The van der Waals surface area contributed by atoms with E-state index in [9.17, 15) is 0 Å². The van der Waals surface area contributed by atoms with E-state index in [2.05, 4.69) is 9.80 Å². The SMILES string of the molecule is COC(C)(CCN1CCN(CCC(C)(OC)OC)CC1)OC. The summed E-state index contributed by atoms with van der Waals surface area (Å²) in [5, 5.41) is 0. The molecule has 0 aliphatic carbocycles. The Labute approximate surface area is 135 Å². The average Bonchev–Trinajstić information content (AvgIpc) is 2.58. The van der Waals surface area contributed by atoms with Crippen LogP contribution in [0, 0.1) is 0 Å². The first-order valence-corrected chi connectivity index (χ1v) is 8.05. The van der Waals surface area contributed by atoms with Gasteiger partial charge in [0.05, 0.1) is 0 Å². The fourth-order valence-corrected chi connectivity index (χ4v) is 2.53. The fourth-order valence-electron chi connectivity index (χ4n) is 2.53. The molecule has 0 saturated carbocycles. The maximum atomic E-state index is 5.41. The van der Waals surface area contributed by atoms with Gasteiger partial charge in [0, 0.05) is 80.5 Å². The van der Waals surface area contributed by atoms with E-state index in [-0.39, 0.29) is 0 Å². The molecule has 132 valence electrons. The highest BCUT2D eigenvalue weighted by Crippen LogP contribution is 2.18. The summed E-state index contributed by atoms with van der Waals surface area (Å²) in [5.41, 5.74) is 0. The van der Waals surface area contributed by atoms with Crippen LogP contribution in [0.5, 0.6) is 0 Å². The first-order chi connectivity index (χ1) is 10.4. The molecule has 0 radical (unpaired) electrons. The number of nitrogens with zero attached hydrogens (tertiary/aromatic N) is 2. The zero-order valence-corrected chi connectivity index (χ0v) is 15.2. The van der Waals surface area contributed by atoms with E-state index in [0.29, 0.717) is 0 Å². The lowest BCUT2D eigenvalue weighted by Gasteiger charge is -2.37. The zero-order chi connectivity index (χ0) is 16.6. The number of ether oxygens (including phenoxy) is 4. The molecule has 1 fully saturated rings. The van der Waals surface area contributed by atoms with Crippen LogP contribution in [0.3, 0.4) is 0 Å². The van der Waals surface area contributed by atoms with E-state index < -0.39 is 11.6 Å². The molecule has 22 heavy (non-hydrogen) atoms. The largest absolute Gasteiger partial charge is 0.353 e. The highest BCUT2D eigenvalue weighted by Gasteiger charge is 2.27. The van der Waals surface area contributed by atoms with Crippen LogP contribution < -0.4 is 0 Å². The molecule has 1 heterocycles. The number of hydrogen-bond acceptors (Lipinski definition) is 6. The molecule has 0 aromatic rings. The quantitative estimate of drug-likeness (QED) is 0.567. The van der Waals surface area contributed by atoms with Gasteiger partial charge in [-0.05, 0) is 13.8 Å². The fraction of sp³-hybridized carbons (Fsp3) is 1.00.